The summed E-state index contributed by atoms with van der Waals surface area (Å²) in [5.74, 6) is -2.16. The average molecular weight is 409 g/mol. The predicted octanol–water partition coefficient (Wildman–Crippen LogP) is 1.98. The molecule has 0 aliphatic carbocycles. The van der Waals surface area contributed by atoms with E-state index in [1.165, 1.54) is 25.3 Å². The topological polar surface area (TPSA) is 102 Å². The van der Waals surface area contributed by atoms with Crippen molar-refractivity contribution in [3.05, 3.63) is 46.6 Å². The third-order valence-corrected chi connectivity index (χ3v) is 3.72. The van der Waals surface area contributed by atoms with Crippen LogP contribution in [0.15, 0.2) is 30.0 Å². The largest absolute Gasteiger partial charge is 0.493 e. The summed E-state index contributed by atoms with van der Waals surface area (Å²) in [4.78, 5) is 31.0. The molecular weight excluding hydrogens is 399 g/mol. The van der Waals surface area contributed by atoms with Crippen LogP contribution in [0.3, 0.4) is 0 Å². The third kappa shape index (κ3) is 4.18. The Morgan fingerprint density at radius 2 is 1.93 bits per heavy atom. The first-order chi connectivity index (χ1) is 12.9. The van der Waals surface area contributed by atoms with E-state index in [2.05, 4.69) is 20.6 Å². The van der Waals surface area contributed by atoms with Crippen LogP contribution in [-0.2, 0) is 9.59 Å². The normalized spacial score (nSPS) is 13.7. The van der Waals surface area contributed by atoms with Crippen LogP contribution in [0.1, 0.15) is 5.56 Å². The minimum atomic E-state index is -0.829. The van der Waals surface area contributed by atoms with Gasteiger partial charge < -0.3 is 9.47 Å². The third-order valence-electron chi connectivity index (χ3n) is 3.33. The molecular formula is C16H10ClFN4O4S. The molecule has 2 heterocycles. The zero-order valence-electron chi connectivity index (χ0n) is 13.6. The van der Waals surface area contributed by atoms with Gasteiger partial charge in [-0.15, -0.1) is 0 Å². The number of nitrogens with one attached hydrogen (secondary N) is 2. The van der Waals surface area contributed by atoms with Gasteiger partial charge in [-0.25, -0.2) is 4.98 Å². The summed E-state index contributed by atoms with van der Waals surface area (Å²) >= 11 is 10.4. The maximum Gasteiger partial charge on any atom is 0.263 e. The number of carbonyl (C=O) groups excluding carboxylic acids is 2. The van der Waals surface area contributed by atoms with E-state index in [0.29, 0.717) is 5.56 Å². The SMILES string of the molecule is COc1ccc(C=C2C(=O)NC(=S)NC2=O)cc1Oc1nc(Cl)ncc1F. The van der Waals surface area contributed by atoms with Crippen molar-refractivity contribution in [1.82, 2.24) is 20.6 Å². The van der Waals surface area contributed by atoms with Gasteiger partial charge in [-0.1, -0.05) is 6.07 Å². The molecule has 8 nitrogen and oxygen atoms in total. The molecule has 0 bridgehead atoms. The van der Waals surface area contributed by atoms with Crippen LogP contribution < -0.4 is 20.1 Å². The van der Waals surface area contributed by atoms with Crippen molar-refractivity contribution < 1.29 is 23.5 Å². The van der Waals surface area contributed by atoms with Crippen molar-refractivity contribution >= 4 is 46.8 Å². The van der Waals surface area contributed by atoms with Crippen molar-refractivity contribution in [2.24, 2.45) is 0 Å². The number of halogens is 2. The summed E-state index contributed by atoms with van der Waals surface area (Å²) in [6.45, 7) is 0. The summed E-state index contributed by atoms with van der Waals surface area (Å²) in [5, 5.41) is 4.38. The fourth-order valence-corrected chi connectivity index (χ4v) is 2.45. The highest BCUT2D eigenvalue weighted by atomic mass is 35.5. The Bertz CT molecular complexity index is 976. The second kappa shape index (κ2) is 7.64. The molecule has 3 rings (SSSR count). The molecule has 1 aromatic heterocycles. The highest BCUT2D eigenvalue weighted by Gasteiger charge is 2.25. The monoisotopic (exact) mass is 408 g/mol. The van der Waals surface area contributed by atoms with E-state index in [-0.39, 0.29) is 27.5 Å². The first-order valence-corrected chi connectivity index (χ1v) is 8.08. The van der Waals surface area contributed by atoms with Gasteiger partial charge in [-0.2, -0.15) is 9.37 Å². The lowest BCUT2D eigenvalue weighted by Crippen LogP contribution is -2.51. The average Bonchev–Trinajstić information content (AvgIpc) is 2.61. The zero-order chi connectivity index (χ0) is 19.6. The number of carbonyl (C=O) groups is 2. The summed E-state index contributed by atoms with van der Waals surface area (Å²) in [7, 11) is 1.40. The smallest absolute Gasteiger partial charge is 0.263 e. The van der Waals surface area contributed by atoms with Gasteiger partial charge in [0.05, 0.1) is 13.3 Å². The fourth-order valence-electron chi connectivity index (χ4n) is 2.14. The van der Waals surface area contributed by atoms with E-state index in [1.807, 2.05) is 0 Å². The highest BCUT2D eigenvalue weighted by Crippen LogP contribution is 2.33. The van der Waals surface area contributed by atoms with Gasteiger partial charge in [0.15, 0.2) is 16.6 Å². The number of ether oxygens (including phenoxy) is 2. The van der Waals surface area contributed by atoms with E-state index in [0.717, 1.165) is 6.20 Å². The molecule has 1 aliphatic rings. The summed E-state index contributed by atoms with van der Waals surface area (Å²) in [5.41, 5.74) is 0.260. The van der Waals surface area contributed by atoms with Crippen molar-refractivity contribution in [2.75, 3.05) is 7.11 Å². The Morgan fingerprint density at radius 3 is 2.59 bits per heavy atom. The molecule has 1 saturated heterocycles. The van der Waals surface area contributed by atoms with Crippen LogP contribution >= 0.6 is 23.8 Å². The Labute approximate surface area is 162 Å². The molecule has 138 valence electrons. The van der Waals surface area contributed by atoms with Crippen molar-refractivity contribution in [2.45, 2.75) is 0 Å². The number of amides is 2. The molecule has 1 aromatic carbocycles. The van der Waals surface area contributed by atoms with Crippen molar-refractivity contribution in [1.29, 1.82) is 0 Å². The Balaban J connectivity index is 1.97. The summed E-state index contributed by atoms with van der Waals surface area (Å²) in [6.07, 6.45) is 2.19. The van der Waals surface area contributed by atoms with E-state index in [9.17, 15) is 14.0 Å². The molecule has 0 saturated carbocycles. The van der Waals surface area contributed by atoms with E-state index in [4.69, 9.17) is 33.3 Å². The summed E-state index contributed by atoms with van der Waals surface area (Å²) < 4.78 is 24.4. The van der Waals surface area contributed by atoms with Gasteiger partial charge in [-0.3, -0.25) is 20.2 Å². The second-order valence-electron chi connectivity index (χ2n) is 5.10. The lowest BCUT2D eigenvalue weighted by Gasteiger charge is -2.16. The van der Waals surface area contributed by atoms with Gasteiger partial charge in [-0.05, 0) is 47.6 Å². The quantitative estimate of drug-likeness (QED) is 0.345. The molecule has 1 fully saturated rings. The van der Waals surface area contributed by atoms with Crippen LogP contribution in [0, 0.1) is 5.82 Å². The predicted molar refractivity (Wildman–Crippen MR) is 96.9 cm³/mol. The molecule has 0 atom stereocenters. The first-order valence-electron chi connectivity index (χ1n) is 7.29. The van der Waals surface area contributed by atoms with E-state index >= 15 is 0 Å². The number of methoxy groups -OCH3 is 1. The number of rotatable bonds is 4. The minimum absolute atomic E-state index is 0.0722. The molecule has 2 amide bonds. The van der Waals surface area contributed by atoms with Crippen LogP contribution in [0.25, 0.3) is 6.08 Å². The maximum absolute atomic E-state index is 13.8. The number of nitrogens with zero attached hydrogens (tertiary/aromatic N) is 2. The van der Waals surface area contributed by atoms with Gasteiger partial charge in [0, 0.05) is 0 Å². The van der Waals surface area contributed by atoms with E-state index in [1.54, 1.807) is 6.07 Å². The number of aromatic nitrogens is 2. The Morgan fingerprint density at radius 1 is 1.22 bits per heavy atom. The van der Waals surface area contributed by atoms with E-state index < -0.39 is 23.5 Å². The molecule has 1 aliphatic heterocycles. The van der Waals surface area contributed by atoms with Crippen LogP contribution in [0.4, 0.5) is 4.39 Å². The second-order valence-corrected chi connectivity index (χ2v) is 5.85. The summed E-state index contributed by atoms with van der Waals surface area (Å²) in [6, 6.07) is 4.54. The molecule has 11 heteroatoms. The van der Waals surface area contributed by atoms with Crippen LogP contribution in [-0.4, -0.2) is 34.0 Å². The zero-order valence-corrected chi connectivity index (χ0v) is 15.2. The number of hydrogen-bond acceptors (Lipinski definition) is 7. The van der Waals surface area contributed by atoms with Crippen molar-refractivity contribution in [3.63, 3.8) is 0 Å². The Kier molecular flexibility index (Phi) is 5.28. The maximum atomic E-state index is 13.8. The van der Waals surface area contributed by atoms with Gasteiger partial charge >= 0.3 is 0 Å². The molecule has 0 unspecified atom stereocenters. The molecule has 0 radical (unpaired) electrons. The standard InChI is InChI=1S/C16H10ClFN4O4S/c1-25-10-3-2-7(4-8-12(23)20-16(27)21-13(8)24)5-11(10)26-14-9(18)6-19-15(17)22-14/h2-6H,1H3,(H2,20,21,23,24,27). The lowest BCUT2D eigenvalue weighted by atomic mass is 10.1. The fraction of sp³-hybridized carbons (Fsp3) is 0.0625. The van der Waals surface area contributed by atoms with Crippen molar-refractivity contribution in [3.8, 4) is 17.4 Å². The first kappa shape index (κ1) is 18.7. The minimum Gasteiger partial charge on any atom is -0.493 e. The Hall–Kier alpha value is -3.11. The number of thiocarbonyl (C=S) groups is 1. The molecule has 2 N–H and O–H groups in total. The lowest BCUT2D eigenvalue weighted by molar-refractivity contribution is -0.123. The highest BCUT2D eigenvalue weighted by molar-refractivity contribution is 7.80. The number of hydrogen-bond donors (Lipinski definition) is 2. The molecule has 0 spiro atoms. The number of benzene rings is 1. The molecule has 27 heavy (non-hydrogen) atoms. The van der Waals surface area contributed by atoms with Crippen LogP contribution in [0.5, 0.6) is 17.4 Å². The van der Waals surface area contributed by atoms with Gasteiger partial charge in [0.1, 0.15) is 5.57 Å². The molecule has 2 aromatic rings. The van der Waals surface area contributed by atoms with Crippen LogP contribution in [0.2, 0.25) is 5.28 Å². The van der Waals surface area contributed by atoms with Gasteiger partial charge in [0.2, 0.25) is 11.1 Å². The van der Waals surface area contributed by atoms with Gasteiger partial charge in [0.25, 0.3) is 17.7 Å².